The number of hydrogen-bond donors (Lipinski definition) is 2. The van der Waals surface area contributed by atoms with Crippen LogP contribution in [-0.2, 0) is 6.54 Å². The Bertz CT molecular complexity index is 1270. The molecule has 34 heavy (non-hydrogen) atoms. The second kappa shape index (κ2) is 11.6. The molecule has 1 fully saturated rings. The van der Waals surface area contributed by atoms with Crippen molar-refractivity contribution >= 4 is 34.4 Å². The summed E-state index contributed by atoms with van der Waals surface area (Å²) < 4.78 is 0. The highest BCUT2D eigenvalue weighted by Gasteiger charge is 2.09. The molecule has 2 N–H and O–H groups in total. The van der Waals surface area contributed by atoms with Crippen molar-refractivity contribution in [2.45, 2.75) is 37.1 Å². The van der Waals surface area contributed by atoms with Gasteiger partial charge < -0.3 is 10.6 Å². The van der Waals surface area contributed by atoms with Crippen LogP contribution >= 0.6 is 11.8 Å². The maximum Gasteiger partial charge on any atom is 0.253 e. The molecule has 174 valence electrons. The lowest BCUT2D eigenvalue weighted by Gasteiger charge is -2.08. The third-order valence-electron chi connectivity index (χ3n) is 5.54. The standard InChI is InChI=1S/C22H20N6OS.C4H8/c1-23-21-5-3-4-18(28-21)19-7-6-14-11-25-16(9-20(14)27-19)12-26-22(29)15-8-17(30-2)13-24-10-15;1-2-4-3-1/h3-11,13H,12H2,1-2H3,(H,23,28)(H,26,29);1-4H2. The van der Waals surface area contributed by atoms with Crippen molar-refractivity contribution in [3.8, 4) is 11.4 Å². The molecule has 4 aromatic rings. The van der Waals surface area contributed by atoms with Crippen LogP contribution in [0.5, 0.6) is 0 Å². The zero-order valence-electron chi connectivity index (χ0n) is 19.4. The molecule has 1 amide bonds. The first kappa shape index (κ1) is 23.6. The normalized spacial score (nSPS) is 12.3. The number of anilines is 1. The fourth-order valence-electron chi connectivity index (χ4n) is 3.19. The van der Waals surface area contributed by atoms with Gasteiger partial charge in [-0.2, -0.15) is 0 Å². The quantitative estimate of drug-likeness (QED) is 0.366. The molecular weight excluding hydrogens is 444 g/mol. The van der Waals surface area contributed by atoms with Crippen LogP contribution in [0.4, 0.5) is 5.82 Å². The van der Waals surface area contributed by atoms with Gasteiger partial charge in [0.1, 0.15) is 5.82 Å². The van der Waals surface area contributed by atoms with Gasteiger partial charge in [0.25, 0.3) is 5.91 Å². The van der Waals surface area contributed by atoms with Crippen molar-refractivity contribution in [2.75, 3.05) is 18.6 Å². The van der Waals surface area contributed by atoms with E-state index in [0.717, 1.165) is 38.7 Å². The Balaban J connectivity index is 0.000000620. The molecule has 0 unspecified atom stereocenters. The monoisotopic (exact) mass is 472 g/mol. The number of amides is 1. The van der Waals surface area contributed by atoms with Gasteiger partial charge in [-0.1, -0.05) is 31.7 Å². The molecule has 0 atom stereocenters. The minimum atomic E-state index is -0.185. The number of pyridine rings is 4. The summed E-state index contributed by atoms with van der Waals surface area (Å²) in [5.41, 5.74) is 3.62. The number of fused-ring (bicyclic) bond motifs is 1. The fourth-order valence-corrected chi connectivity index (χ4v) is 3.60. The lowest BCUT2D eigenvalue weighted by Crippen LogP contribution is -2.23. The molecular formula is C26H28N6OS. The molecule has 0 bridgehead atoms. The zero-order chi connectivity index (χ0) is 23.8. The fraction of sp³-hybridized carbons (Fsp3) is 0.269. The van der Waals surface area contributed by atoms with Crippen molar-refractivity contribution in [3.63, 3.8) is 0 Å². The Labute approximate surface area is 203 Å². The first-order chi connectivity index (χ1) is 16.7. The molecule has 7 nitrogen and oxygen atoms in total. The minimum Gasteiger partial charge on any atom is -0.373 e. The van der Waals surface area contributed by atoms with Crippen LogP contribution in [0.15, 0.2) is 66.0 Å². The molecule has 4 aromatic heterocycles. The van der Waals surface area contributed by atoms with E-state index in [0.29, 0.717) is 12.1 Å². The molecule has 0 saturated heterocycles. The van der Waals surface area contributed by atoms with Crippen LogP contribution in [0.1, 0.15) is 41.7 Å². The van der Waals surface area contributed by atoms with Crippen LogP contribution in [-0.4, -0.2) is 39.1 Å². The van der Waals surface area contributed by atoms with Crippen molar-refractivity contribution in [1.82, 2.24) is 25.3 Å². The van der Waals surface area contributed by atoms with Gasteiger partial charge in [-0.25, -0.2) is 9.97 Å². The summed E-state index contributed by atoms with van der Waals surface area (Å²) in [7, 11) is 1.83. The predicted octanol–water partition coefficient (Wildman–Crippen LogP) is 5.34. The Morgan fingerprint density at radius 2 is 1.76 bits per heavy atom. The number of hydrogen-bond acceptors (Lipinski definition) is 7. The molecule has 0 spiro atoms. The molecule has 1 aliphatic carbocycles. The zero-order valence-corrected chi connectivity index (χ0v) is 20.2. The van der Waals surface area contributed by atoms with E-state index in [2.05, 4.69) is 25.6 Å². The Hall–Kier alpha value is -3.52. The molecule has 0 aromatic carbocycles. The molecule has 0 radical (unpaired) electrons. The average molecular weight is 473 g/mol. The van der Waals surface area contributed by atoms with Gasteiger partial charge in [-0.3, -0.25) is 14.8 Å². The van der Waals surface area contributed by atoms with Crippen LogP contribution < -0.4 is 10.6 Å². The van der Waals surface area contributed by atoms with E-state index >= 15 is 0 Å². The van der Waals surface area contributed by atoms with Gasteiger partial charge in [0.15, 0.2) is 0 Å². The number of thioether (sulfide) groups is 1. The van der Waals surface area contributed by atoms with E-state index in [-0.39, 0.29) is 5.91 Å². The highest BCUT2D eigenvalue weighted by atomic mass is 32.2. The number of carbonyl (C=O) groups excluding carboxylic acids is 1. The summed E-state index contributed by atoms with van der Waals surface area (Å²) in [4.78, 5) is 31.2. The number of rotatable bonds is 6. The Kier molecular flexibility index (Phi) is 8.04. The van der Waals surface area contributed by atoms with Gasteiger partial charge in [0.2, 0.25) is 0 Å². The summed E-state index contributed by atoms with van der Waals surface area (Å²) in [5, 5.41) is 6.86. The first-order valence-corrected chi connectivity index (χ1v) is 12.6. The van der Waals surface area contributed by atoms with Crippen LogP contribution in [0, 0.1) is 0 Å². The third-order valence-corrected chi connectivity index (χ3v) is 6.23. The Morgan fingerprint density at radius 3 is 2.50 bits per heavy atom. The van der Waals surface area contributed by atoms with Crippen LogP contribution in [0.25, 0.3) is 22.3 Å². The molecule has 1 saturated carbocycles. The van der Waals surface area contributed by atoms with E-state index in [4.69, 9.17) is 4.98 Å². The molecule has 0 aliphatic heterocycles. The summed E-state index contributed by atoms with van der Waals surface area (Å²) in [6.45, 7) is 0.303. The second-order valence-electron chi connectivity index (χ2n) is 7.93. The maximum atomic E-state index is 12.4. The SMILES string of the molecule is C1CCC1.CNc1cccc(-c2ccc3cnc(CNC(=O)c4cncc(SC)c4)cc3n2)n1. The van der Waals surface area contributed by atoms with Gasteiger partial charge in [-0.15, -0.1) is 11.8 Å². The van der Waals surface area contributed by atoms with Gasteiger partial charge in [0.05, 0.1) is 34.7 Å². The highest BCUT2D eigenvalue weighted by Crippen LogP contribution is 2.21. The smallest absolute Gasteiger partial charge is 0.253 e. The van der Waals surface area contributed by atoms with Gasteiger partial charge in [0, 0.05) is 35.9 Å². The topological polar surface area (TPSA) is 92.7 Å². The maximum absolute atomic E-state index is 12.4. The van der Waals surface area contributed by atoms with Gasteiger partial charge >= 0.3 is 0 Å². The van der Waals surface area contributed by atoms with E-state index in [9.17, 15) is 4.79 Å². The summed E-state index contributed by atoms with van der Waals surface area (Å²) in [6, 6.07) is 13.4. The lowest BCUT2D eigenvalue weighted by atomic mass is 10.0. The number of carbonyl (C=O) groups is 1. The van der Waals surface area contributed by atoms with E-state index in [1.165, 1.54) is 25.7 Å². The van der Waals surface area contributed by atoms with Crippen molar-refractivity contribution < 1.29 is 4.79 Å². The van der Waals surface area contributed by atoms with E-state index in [1.54, 1.807) is 30.4 Å². The van der Waals surface area contributed by atoms with Crippen molar-refractivity contribution in [1.29, 1.82) is 0 Å². The number of aromatic nitrogens is 4. The van der Waals surface area contributed by atoms with Gasteiger partial charge in [-0.05, 0) is 42.7 Å². The highest BCUT2D eigenvalue weighted by molar-refractivity contribution is 7.98. The van der Waals surface area contributed by atoms with Crippen LogP contribution in [0.2, 0.25) is 0 Å². The van der Waals surface area contributed by atoms with E-state index in [1.807, 2.05) is 55.8 Å². The summed E-state index contributed by atoms with van der Waals surface area (Å²) >= 11 is 1.55. The molecule has 5 rings (SSSR count). The third kappa shape index (κ3) is 6.08. The molecule has 1 aliphatic rings. The minimum absolute atomic E-state index is 0.185. The molecule has 8 heteroatoms. The second-order valence-corrected chi connectivity index (χ2v) is 8.81. The largest absolute Gasteiger partial charge is 0.373 e. The summed E-state index contributed by atoms with van der Waals surface area (Å²) in [6.07, 6.45) is 13.0. The van der Waals surface area contributed by atoms with Crippen LogP contribution in [0.3, 0.4) is 0 Å². The predicted molar refractivity (Wildman–Crippen MR) is 138 cm³/mol. The number of nitrogens with zero attached hydrogens (tertiary/aromatic N) is 4. The average Bonchev–Trinajstić information content (AvgIpc) is 2.85. The first-order valence-electron chi connectivity index (χ1n) is 11.3. The molecule has 4 heterocycles. The van der Waals surface area contributed by atoms with E-state index < -0.39 is 0 Å². The Morgan fingerprint density at radius 1 is 0.971 bits per heavy atom. The van der Waals surface area contributed by atoms with Crippen molar-refractivity contribution in [2.24, 2.45) is 0 Å². The number of nitrogens with one attached hydrogen (secondary N) is 2. The lowest BCUT2D eigenvalue weighted by molar-refractivity contribution is 0.0950. The van der Waals surface area contributed by atoms with Crippen molar-refractivity contribution in [3.05, 3.63) is 72.3 Å². The summed E-state index contributed by atoms with van der Waals surface area (Å²) in [5.74, 6) is 0.600.